The Kier molecular flexibility index (Phi) is 1.68. The molecule has 0 fully saturated rings. The Morgan fingerprint density at radius 1 is 1.55 bits per heavy atom. The van der Waals surface area contributed by atoms with Gasteiger partial charge in [-0.05, 0) is 26.3 Å². The van der Waals surface area contributed by atoms with Crippen LogP contribution < -0.4 is 5.73 Å². The van der Waals surface area contributed by atoms with Crippen molar-refractivity contribution in [2.24, 2.45) is 10.7 Å². The van der Waals surface area contributed by atoms with E-state index in [9.17, 15) is 0 Å². The molecule has 1 unspecified atom stereocenters. The number of nitrogens with two attached hydrogens (primary N) is 1. The molecule has 3 N–H and O–H groups in total. The first-order chi connectivity index (χ1) is 4.96. The first-order valence-electron chi connectivity index (χ1n) is 3.56. The summed E-state index contributed by atoms with van der Waals surface area (Å²) in [5.41, 5.74) is 7.32. The summed E-state index contributed by atoms with van der Waals surface area (Å²) in [5, 5.41) is 7.63. The third-order valence-electron chi connectivity index (χ3n) is 2.15. The molecule has 0 aromatic rings. The third-order valence-corrected chi connectivity index (χ3v) is 2.15. The standard InChI is InChI=1S/C8H13N3/c1-5-4-11-6(2)7(9)8(5,3)10/h4,9H,10H2,1-3H3. The summed E-state index contributed by atoms with van der Waals surface area (Å²) in [6, 6.07) is 0. The lowest BCUT2D eigenvalue weighted by atomic mass is 9.85. The van der Waals surface area contributed by atoms with Gasteiger partial charge in [0.2, 0.25) is 0 Å². The summed E-state index contributed by atoms with van der Waals surface area (Å²) in [6.07, 6.45) is 1.73. The summed E-state index contributed by atoms with van der Waals surface area (Å²) < 4.78 is 0. The molecular formula is C8H13N3. The predicted octanol–water partition coefficient (Wildman–Crippen LogP) is 1.10. The zero-order valence-electron chi connectivity index (χ0n) is 7.10. The monoisotopic (exact) mass is 151 g/mol. The van der Waals surface area contributed by atoms with Crippen molar-refractivity contribution in [2.75, 3.05) is 0 Å². The Hall–Kier alpha value is -0.960. The van der Waals surface area contributed by atoms with Crippen LogP contribution >= 0.6 is 0 Å². The molecule has 3 nitrogen and oxygen atoms in total. The predicted molar refractivity (Wildman–Crippen MR) is 47.2 cm³/mol. The first-order valence-corrected chi connectivity index (χ1v) is 3.56. The van der Waals surface area contributed by atoms with Crippen molar-refractivity contribution in [1.82, 2.24) is 0 Å². The summed E-state index contributed by atoms with van der Waals surface area (Å²) in [4.78, 5) is 4.04. The van der Waals surface area contributed by atoms with Crippen molar-refractivity contribution in [3.8, 4) is 0 Å². The molecule has 0 aliphatic carbocycles. The number of nitrogens with one attached hydrogen (secondary N) is 1. The van der Waals surface area contributed by atoms with E-state index in [0.717, 1.165) is 5.57 Å². The van der Waals surface area contributed by atoms with E-state index in [1.54, 1.807) is 13.1 Å². The maximum absolute atomic E-state index is 7.63. The molecule has 60 valence electrons. The highest BCUT2D eigenvalue weighted by Crippen LogP contribution is 2.18. The van der Waals surface area contributed by atoms with E-state index < -0.39 is 5.54 Å². The normalized spacial score (nSPS) is 31.5. The first kappa shape index (κ1) is 8.14. The van der Waals surface area contributed by atoms with Crippen LogP contribution in [0.5, 0.6) is 0 Å². The summed E-state index contributed by atoms with van der Waals surface area (Å²) in [5.74, 6) is 0. The number of nitrogens with zero attached hydrogens (tertiary/aromatic N) is 1. The lowest BCUT2D eigenvalue weighted by molar-refractivity contribution is 0.723. The Morgan fingerprint density at radius 2 is 2.09 bits per heavy atom. The molecule has 0 spiro atoms. The Labute approximate surface area is 66.5 Å². The molecule has 0 saturated carbocycles. The molecule has 1 aliphatic rings. The quantitative estimate of drug-likeness (QED) is 0.535. The van der Waals surface area contributed by atoms with E-state index in [1.807, 2.05) is 13.8 Å². The second kappa shape index (κ2) is 2.27. The summed E-state index contributed by atoms with van der Waals surface area (Å²) in [6.45, 7) is 5.53. The van der Waals surface area contributed by atoms with Crippen LogP contribution in [-0.2, 0) is 0 Å². The molecular weight excluding hydrogens is 138 g/mol. The van der Waals surface area contributed by atoms with E-state index in [1.165, 1.54) is 0 Å². The van der Waals surface area contributed by atoms with Crippen LogP contribution in [0.4, 0.5) is 0 Å². The van der Waals surface area contributed by atoms with Crippen LogP contribution in [0, 0.1) is 5.41 Å². The number of aliphatic imine (C=N–C) groups is 1. The van der Waals surface area contributed by atoms with Crippen molar-refractivity contribution >= 4 is 11.4 Å². The maximum atomic E-state index is 7.63. The molecule has 0 aromatic carbocycles. The highest BCUT2D eigenvalue weighted by Gasteiger charge is 2.30. The van der Waals surface area contributed by atoms with Gasteiger partial charge < -0.3 is 11.1 Å². The fraction of sp³-hybridized carbons (Fsp3) is 0.500. The molecule has 0 aromatic heterocycles. The van der Waals surface area contributed by atoms with Crippen molar-refractivity contribution in [2.45, 2.75) is 26.3 Å². The SMILES string of the molecule is CC1=CN=C(C)C(=N)C1(C)N. The van der Waals surface area contributed by atoms with Gasteiger partial charge in [0.1, 0.15) is 0 Å². The van der Waals surface area contributed by atoms with Crippen molar-refractivity contribution in [3.05, 3.63) is 11.8 Å². The highest BCUT2D eigenvalue weighted by atomic mass is 14.9. The largest absolute Gasteiger partial charge is 0.317 e. The average Bonchev–Trinajstić information content (AvgIpc) is 1.95. The molecule has 0 radical (unpaired) electrons. The molecule has 3 heteroatoms. The lowest BCUT2D eigenvalue weighted by Crippen LogP contribution is -2.49. The number of hydrogen-bond donors (Lipinski definition) is 2. The van der Waals surface area contributed by atoms with E-state index in [-0.39, 0.29) is 0 Å². The van der Waals surface area contributed by atoms with Gasteiger partial charge in [-0.1, -0.05) is 0 Å². The van der Waals surface area contributed by atoms with Crippen LogP contribution in [-0.4, -0.2) is 17.0 Å². The molecule has 11 heavy (non-hydrogen) atoms. The van der Waals surface area contributed by atoms with Crippen molar-refractivity contribution < 1.29 is 0 Å². The molecule has 1 atom stereocenters. The zero-order chi connectivity index (χ0) is 8.65. The van der Waals surface area contributed by atoms with Gasteiger partial charge in [0, 0.05) is 6.20 Å². The number of hydrogen-bond acceptors (Lipinski definition) is 3. The third kappa shape index (κ3) is 1.12. The molecule has 1 heterocycles. The highest BCUT2D eigenvalue weighted by molar-refractivity contribution is 6.44. The van der Waals surface area contributed by atoms with Gasteiger partial charge in [-0.15, -0.1) is 0 Å². The van der Waals surface area contributed by atoms with Crippen LogP contribution in [0.15, 0.2) is 16.8 Å². The molecule has 0 saturated heterocycles. The molecule has 0 amide bonds. The van der Waals surface area contributed by atoms with Crippen LogP contribution in [0.25, 0.3) is 0 Å². The Balaban J connectivity index is 3.14. The summed E-state index contributed by atoms with van der Waals surface area (Å²) in [7, 11) is 0. The van der Waals surface area contributed by atoms with Gasteiger partial charge in [-0.25, -0.2) is 0 Å². The second-order valence-corrected chi connectivity index (χ2v) is 3.10. The maximum Gasteiger partial charge on any atom is 0.0796 e. The second-order valence-electron chi connectivity index (χ2n) is 3.10. The van der Waals surface area contributed by atoms with E-state index in [4.69, 9.17) is 11.1 Å². The molecule has 1 rings (SSSR count). The Bertz CT molecular complexity index is 255. The fourth-order valence-corrected chi connectivity index (χ4v) is 0.965. The van der Waals surface area contributed by atoms with Crippen molar-refractivity contribution in [1.29, 1.82) is 5.41 Å². The minimum atomic E-state index is -0.619. The van der Waals surface area contributed by atoms with Gasteiger partial charge in [-0.2, -0.15) is 0 Å². The zero-order valence-corrected chi connectivity index (χ0v) is 7.10. The Morgan fingerprint density at radius 3 is 2.55 bits per heavy atom. The van der Waals surface area contributed by atoms with E-state index >= 15 is 0 Å². The topological polar surface area (TPSA) is 62.2 Å². The lowest BCUT2D eigenvalue weighted by Gasteiger charge is -2.28. The van der Waals surface area contributed by atoms with Gasteiger partial charge in [0.15, 0.2) is 0 Å². The van der Waals surface area contributed by atoms with Crippen molar-refractivity contribution in [3.63, 3.8) is 0 Å². The van der Waals surface area contributed by atoms with Gasteiger partial charge in [-0.3, -0.25) is 4.99 Å². The minimum Gasteiger partial charge on any atom is -0.317 e. The minimum absolute atomic E-state index is 0.414. The van der Waals surface area contributed by atoms with E-state index in [0.29, 0.717) is 11.4 Å². The van der Waals surface area contributed by atoms with Crippen LogP contribution in [0.3, 0.4) is 0 Å². The molecule has 0 bridgehead atoms. The van der Waals surface area contributed by atoms with Gasteiger partial charge in [0.05, 0.1) is 17.0 Å². The molecule has 1 aliphatic heterocycles. The average molecular weight is 151 g/mol. The van der Waals surface area contributed by atoms with Crippen LogP contribution in [0.1, 0.15) is 20.8 Å². The van der Waals surface area contributed by atoms with Gasteiger partial charge in [0.25, 0.3) is 0 Å². The fourth-order valence-electron chi connectivity index (χ4n) is 0.965. The van der Waals surface area contributed by atoms with E-state index in [2.05, 4.69) is 4.99 Å². The smallest absolute Gasteiger partial charge is 0.0796 e. The summed E-state index contributed by atoms with van der Waals surface area (Å²) >= 11 is 0. The number of rotatable bonds is 0. The van der Waals surface area contributed by atoms with Crippen LogP contribution in [0.2, 0.25) is 0 Å². The van der Waals surface area contributed by atoms with Gasteiger partial charge >= 0.3 is 0 Å².